The summed E-state index contributed by atoms with van der Waals surface area (Å²) in [5, 5.41) is 12.3. The predicted octanol–water partition coefficient (Wildman–Crippen LogP) is 2.32. The number of pyridine rings is 1. The minimum absolute atomic E-state index is 0.115. The summed E-state index contributed by atoms with van der Waals surface area (Å²) in [5.74, 6) is -0.651. The van der Waals surface area contributed by atoms with Gasteiger partial charge in [0.25, 0.3) is 0 Å². The molecule has 0 radical (unpaired) electrons. The quantitative estimate of drug-likeness (QED) is 0.816. The average Bonchev–Trinajstić information content (AvgIpc) is 2.48. The zero-order chi connectivity index (χ0) is 15.3. The highest BCUT2D eigenvalue weighted by atomic mass is 32.2. The molecule has 114 valence electrons. The second kappa shape index (κ2) is 6.93. The van der Waals surface area contributed by atoms with E-state index < -0.39 is 11.4 Å². The molecule has 21 heavy (non-hydrogen) atoms. The summed E-state index contributed by atoms with van der Waals surface area (Å²) >= 11 is 1.43. The van der Waals surface area contributed by atoms with E-state index in [4.69, 9.17) is 0 Å². The molecule has 6 heteroatoms. The summed E-state index contributed by atoms with van der Waals surface area (Å²) in [6, 6.07) is 3.41. The van der Waals surface area contributed by atoms with Crippen LogP contribution in [-0.2, 0) is 9.59 Å². The lowest BCUT2D eigenvalue weighted by molar-refractivity contribution is -0.152. The molecule has 1 aromatic heterocycles. The molecule has 0 spiro atoms. The van der Waals surface area contributed by atoms with Crippen LogP contribution in [0.3, 0.4) is 0 Å². The Labute approximate surface area is 128 Å². The third-order valence-electron chi connectivity index (χ3n) is 4.05. The number of aliphatic carboxylic acids is 1. The second-order valence-electron chi connectivity index (χ2n) is 5.56. The molecule has 2 rings (SSSR count). The summed E-state index contributed by atoms with van der Waals surface area (Å²) in [6.07, 6.45) is 6.58. The van der Waals surface area contributed by atoms with Crippen LogP contribution in [0.5, 0.6) is 0 Å². The highest BCUT2D eigenvalue weighted by molar-refractivity contribution is 8.00. The lowest BCUT2D eigenvalue weighted by Crippen LogP contribution is -2.52. The molecule has 1 fully saturated rings. The second-order valence-corrected chi connectivity index (χ2v) is 6.61. The van der Waals surface area contributed by atoms with Crippen LogP contribution in [0.15, 0.2) is 29.4 Å². The van der Waals surface area contributed by atoms with E-state index in [1.807, 2.05) is 12.1 Å². The largest absolute Gasteiger partial charge is 0.481 e. The SMILES string of the molecule is CC1(C(=O)O)CCCCC1NC(=O)CSc1ccncc1. The highest BCUT2D eigenvalue weighted by Gasteiger charge is 2.43. The number of hydrogen-bond acceptors (Lipinski definition) is 4. The first-order chi connectivity index (χ1) is 10.0. The van der Waals surface area contributed by atoms with E-state index in [1.54, 1.807) is 19.3 Å². The minimum Gasteiger partial charge on any atom is -0.481 e. The number of nitrogens with one attached hydrogen (secondary N) is 1. The van der Waals surface area contributed by atoms with Crippen LogP contribution >= 0.6 is 11.8 Å². The Morgan fingerprint density at radius 1 is 1.43 bits per heavy atom. The Morgan fingerprint density at radius 2 is 2.14 bits per heavy atom. The van der Waals surface area contributed by atoms with Crippen LogP contribution in [0, 0.1) is 5.41 Å². The standard InChI is InChI=1S/C15H20N2O3S/c1-15(14(19)20)7-3-2-4-12(15)17-13(18)10-21-11-5-8-16-9-6-11/h5-6,8-9,12H,2-4,7,10H2,1H3,(H,17,18)(H,19,20). The number of amides is 1. The van der Waals surface area contributed by atoms with Gasteiger partial charge in [-0.05, 0) is 31.9 Å². The topological polar surface area (TPSA) is 79.3 Å². The first-order valence-corrected chi connectivity index (χ1v) is 8.06. The number of carbonyl (C=O) groups excluding carboxylic acids is 1. The van der Waals surface area contributed by atoms with Crippen molar-refractivity contribution in [2.24, 2.45) is 5.41 Å². The number of carboxylic acid groups (broad SMARTS) is 1. The van der Waals surface area contributed by atoms with Crippen molar-refractivity contribution in [3.05, 3.63) is 24.5 Å². The molecule has 2 atom stereocenters. The lowest BCUT2D eigenvalue weighted by Gasteiger charge is -2.38. The molecular weight excluding hydrogens is 288 g/mol. The van der Waals surface area contributed by atoms with E-state index >= 15 is 0 Å². The Balaban J connectivity index is 1.90. The number of carboxylic acids is 1. The molecule has 1 amide bonds. The van der Waals surface area contributed by atoms with Crippen LogP contribution < -0.4 is 5.32 Å². The molecule has 2 unspecified atom stereocenters. The summed E-state index contributed by atoms with van der Waals surface area (Å²) in [6.45, 7) is 1.73. The molecule has 5 nitrogen and oxygen atoms in total. The van der Waals surface area contributed by atoms with Gasteiger partial charge in [-0.3, -0.25) is 14.6 Å². The van der Waals surface area contributed by atoms with Crippen LogP contribution in [0.25, 0.3) is 0 Å². The van der Waals surface area contributed by atoms with Gasteiger partial charge in [0.15, 0.2) is 0 Å². The lowest BCUT2D eigenvalue weighted by atomic mass is 9.71. The molecular formula is C15H20N2O3S. The summed E-state index contributed by atoms with van der Waals surface area (Å²) in [7, 11) is 0. The maximum absolute atomic E-state index is 12.1. The highest BCUT2D eigenvalue weighted by Crippen LogP contribution is 2.36. The van der Waals surface area contributed by atoms with Crippen molar-refractivity contribution in [2.45, 2.75) is 43.5 Å². The molecule has 1 aromatic rings. The molecule has 0 saturated heterocycles. The molecule has 1 heterocycles. The number of thioether (sulfide) groups is 1. The molecule has 2 N–H and O–H groups in total. The number of nitrogens with zero attached hydrogens (tertiary/aromatic N) is 1. The van der Waals surface area contributed by atoms with Crippen molar-refractivity contribution < 1.29 is 14.7 Å². The van der Waals surface area contributed by atoms with E-state index in [9.17, 15) is 14.7 Å². The van der Waals surface area contributed by atoms with Crippen molar-refractivity contribution in [3.8, 4) is 0 Å². The van der Waals surface area contributed by atoms with Crippen LogP contribution in [0.1, 0.15) is 32.6 Å². The average molecular weight is 308 g/mol. The maximum atomic E-state index is 12.1. The van der Waals surface area contributed by atoms with Gasteiger partial charge in [0.05, 0.1) is 11.2 Å². The molecule has 0 bridgehead atoms. The van der Waals surface area contributed by atoms with Gasteiger partial charge in [-0.25, -0.2) is 0 Å². The van der Waals surface area contributed by atoms with Gasteiger partial charge in [-0.15, -0.1) is 11.8 Å². The van der Waals surface area contributed by atoms with Crippen LogP contribution in [0.2, 0.25) is 0 Å². The van der Waals surface area contributed by atoms with Crippen molar-refractivity contribution in [2.75, 3.05) is 5.75 Å². The first kappa shape index (κ1) is 15.8. The van der Waals surface area contributed by atoms with E-state index in [-0.39, 0.29) is 17.7 Å². The predicted molar refractivity (Wildman–Crippen MR) is 81.1 cm³/mol. The van der Waals surface area contributed by atoms with E-state index in [0.717, 1.165) is 24.2 Å². The van der Waals surface area contributed by atoms with Crippen molar-refractivity contribution >= 4 is 23.6 Å². The number of rotatable bonds is 5. The van der Waals surface area contributed by atoms with Crippen molar-refractivity contribution in [1.29, 1.82) is 0 Å². The van der Waals surface area contributed by atoms with Gasteiger partial charge >= 0.3 is 5.97 Å². The molecule has 0 aromatic carbocycles. The van der Waals surface area contributed by atoms with Gasteiger partial charge in [0, 0.05) is 23.3 Å². The minimum atomic E-state index is -0.852. The fourth-order valence-electron chi connectivity index (χ4n) is 2.64. The smallest absolute Gasteiger partial charge is 0.311 e. The number of carbonyl (C=O) groups is 2. The van der Waals surface area contributed by atoms with E-state index in [0.29, 0.717) is 6.42 Å². The number of aromatic nitrogens is 1. The fourth-order valence-corrected chi connectivity index (χ4v) is 3.34. The third kappa shape index (κ3) is 3.97. The van der Waals surface area contributed by atoms with Gasteiger partial charge < -0.3 is 10.4 Å². The third-order valence-corrected chi connectivity index (χ3v) is 5.06. The summed E-state index contributed by atoms with van der Waals surface area (Å²) in [5.41, 5.74) is -0.852. The Kier molecular flexibility index (Phi) is 5.22. The van der Waals surface area contributed by atoms with Gasteiger partial charge in [0.2, 0.25) is 5.91 Å². The molecule has 1 aliphatic rings. The molecule has 1 aliphatic carbocycles. The fraction of sp³-hybridized carbons (Fsp3) is 0.533. The normalized spacial score (nSPS) is 25.3. The zero-order valence-electron chi connectivity index (χ0n) is 12.0. The van der Waals surface area contributed by atoms with E-state index in [1.165, 1.54) is 11.8 Å². The maximum Gasteiger partial charge on any atom is 0.311 e. The van der Waals surface area contributed by atoms with Crippen molar-refractivity contribution in [3.63, 3.8) is 0 Å². The molecule has 1 saturated carbocycles. The Morgan fingerprint density at radius 3 is 2.81 bits per heavy atom. The Hall–Kier alpha value is -1.56. The summed E-state index contributed by atoms with van der Waals surface area (Å²) < 4.78 is 0. The first-order valence-electron chi connectivity index (χ1n) is 7.08. The Bertz CT molecular complexity index is 509. The van der Waals surface area contributed by atoms with E-state index in [2.05, 4.69) is 10.3 Å². The monoisotopic (exact) mass is 308 g/mol. The molecule has 0 aliphatic heterocycles. The summed E-state index contributed by atoms with van der Waals surface area (Å²) in [4.78, 5) is 28.4. The van der Waals surface area contributed by atoms with Crippen molar-refractivity contribution in [1.82, 2.24) is 10.3 Å². The zero-order valence-corrected chi connectivity index (χ0v) is 12.9. The van der Waals surface area contributed by atoms with Crippen LogP contribution in [0.4, 0.5) is 0 Å². The van der Waals surface area contributed by atoms with Gasteiger partial charge in [-0.2, -0.15) is 0 Å². The van der Waals surface area contributed by atoms with Gasteiger partial charge in [-0.1, -0.05) is 12.8 Å². The van der Waals surface area contributed by atoms with Crippen LogP contribution in [-0.4, -0.2) is 33.8 Å². The number of hydrogen-bond donors (Lipinski definition) is 2. The van der Waals surface area contributed by atoms with Gasteiger partial charge in [0.1, 0.15) is 0 Å².